The van der Waals surface area contributed by atoms with Gasteiger partial charge in [0.15, 0.2) is 0 Å². The monoisotopic (exact) mass is 501 g/mol. The molecule has 1 aromatic heterocycles. The van der Waals surface area contributed by atoms with E-state index >= 15 is 0 Å². The van der Waals surface area contributed by atoms with Crippen molar-refractivity contribution in [3.63, 3.8) is 0 Å². The molecule has 3 aromatic rings. The third kappa shape index (κ3) is 5.14. The van der Waals surface area contributed by atoms with Crippen LogP contribution >= 0.6 is 15.9 Å². The van der Waals surface area contributed by atoms with E-state index < -0.39 is 0 Å². The average molecular weight is 502 g/mol. The van der Waals surface area contributed by atoms with E-state index in [1.165, 1.54) is 0 Å². The van der Waals surface area contributed by atoms with E-state index in [2.05, 4.69) is 37.6 Å². The van der Waals surface area contributed by atoms with Crippen LogP contribution in [0.15, 0.2) is 46.9 Å². The van der Waals surface area contributed by atoms with Gasteiger partial charge in [0, 0.05) is 35.1 Å². The molecule has 1 aliphatic rings. The Morgan fingerprint density at radius 1 is 1.28 bits per heavy atom. The first-order valence-corrected chi connectivity index (χ1v) is 11.7. The summed E-state index contributed by atoms with van der Waals surface area (Å²) in [6, 6.07) is 14.0. The van der Waals surface area contributed by atoms with Crippen molar-refractivity contribution >= 4 is 32.8 Å². The van der Waals surface area contributed by atoms with Gasteiger partial charge in [0.25, 0.3) is 0 Å². The Balaban J connectivity index is 1.57. The number of aliphatic hydroxyl groups is 1. The first-order valence-electron chi connectivity index (χ1n) is 10.9. The summed E-state index contributed by atoms with van der Waals surface area (Å²) in [5.41, 5.74) is 2.72. The number of likely N-dealkylation sites (tertiary alicyclic amines) is 1. The van der Waals surface area contributed by atoms with Crippen LogP contribution in [0.25, 0.3) is 10.9 Å². The maximum absolute atomic E-state index is 12.0. The lowest BCUT2D eigenvalue weighted by molar-refractivity contribution is -0.142. The number of halogens is 1. The molecule has 1 unspecified atom stereocenters. The van der Waals surface area contributed by atoms with Crippen molar-refractivity contribution in [3.05, 3.63) is 58.2 Å². The highest BCUT2D eigenvalue weighted by Gasteiger charge is 2.26. The zero-order valence-electron chi connectivity index (χ0n) is 18.2. The number of aliphatic hydroxyl groups excluding tert-OH is 1. The molecule has 1 aliphatic heterocycles. The number of hydrogen-bond donors (Lipinski definition) is 1. The molecule has 0 amide bonds. The lowest BCUT2D eigenvalue weighted by Crippen LogP contribution is -2.25. The van der Waals surface area contributed by atoms with Gasteiger partial charge in [-0.25, -0.2) is 0 Å². The van der Waals surface area contributed by atoms with E-state index in [1.807, 2.05) is 30.3 Å². The molecular weight excluding hydrogens is 474 g/mol. The Morgan fingerprint density at radius 2 is 2.12 bits per heavy atom. The zero-order chi connectivity index (χ0) is 22.5. The van der Waals surface area contributed by atoms with E-state index in [4.69, 9.17) is 14.6 Å². The largest absolute Gasteiger partial charge is 0.487 e. The number of carbonyl (C=O) groups excluding carboxylic acids is 1. The van der Waals surface area contributed by atoms with Gasteiger partial charge in [-0.15, -0.1) is 0 Å². The predicted molar refractivity (Wildman–Crippen MR) is 126 cm³/mol. The third-order valence-electron chi connectivity index (χ3n) is 5.73. The minimum atomic E-state index is -0.268. The zero-order valence-corrected chi connectivity index (χ0v) is 19.8. The molecule has 1 fully saturated rings. The molecule has 2 aromatic carbocycles. The quantitative estimate of drug-likeness (QED) is 0.450. The van der Waals surface area contributed by atoms with E-state index in [-0.39, 0.29) is 25.0 Å². The molecule has 0 bridgehead atoms. The standard InChI is InChI=1S/C24H28BrN3O4/c1-2-31-24(30)13-17-5-3-4-6-23(17)32-16-21-20-14-18(25)7-8-22(20)28(26-21)19-9-10-27(15-19)11-12-29/h3-8,14,19,29H,2,9-13,15-16H2,1H3. The molecule has 0 saturated carbocycles. The highest BCUT2D eigenvalue weighted by molar-refractivity contribution is 9.10. The van der Waals surface area contributed by atoms with Crippen molar-refractivity contribution in [1.82, 2.24) is 14.7 Å². The molecule has 1 N–H and O–H groups in total. The third-order valence-corrected chi connectivity index (χ3v) is 6.22. The number of nitrogens with zero attached hydrogens (tertiary/aromatic N) is 3. The van der Waals surface area contributed by atoms with Crippen molar-refractivity contribution in [2.24, 2.45) is 0 Å². The first kappa shape index (κ1) is 22.8. The number of para-hydroxylation sites is 1. The summed E-state index contributed by atoms with van der Waals surface area (Å²) in [7, 11) is 0. The molecule has 8 heteroatoms. The van der Waals surface area contributed by atoms with Crippen LogP contribution < -0.4 is 4.74 Å². The van der Waals surface area contributed by atoms with E-state index in [1.54, 1.807) is 6.92 Å². The normalized spacial score (nSPS) is 16.5. The number of rotatable bonds is 9. The van der Waals surface area contributed by atoms with Gasteiger partial charge in [0.1, 0.15) is 18.1 Å². The fourth-order valence-electron chi connectivity index (χ4n) is 4.22. The number of esters is 1. The van der Waals surface area contributed by atoms with Gasteiger partial charge in [0.2, 0.25) is 0 Å². The Bertz CT molecular complexity index is 1080. The average Bonchev–Trinajstić information content (AvgIpc) is 3.38. The summed E-state index contributed by atoms with van der Waals surface area (Å²) < 4.78 is 14.3. The fourth-order valence-corrected chi connectivity index (χ4v) is 4.58. The van der Waals surface area contributed by atoms with Crippen LogP contribution in [-0.2, 0) is 22.6 Å². The molecule has 0 aliphatic carbocycles. The minimum absolute atomic E-state index is 0.170. The predicted octanol–water partition coefficient (Wildman–Crippen LogP) is 3.72. The summed E-state index contributed by atoms with van der Waals surface area (Å²) in [5, 5.41) is 15.2. The minimum Gasteiger partial charge on any atom is -0.487 e. The summed E-state index contributed by atoms with van der Waals surface area (Å²) in [5.74, 6) is 0.393. The Kier molecular flexibility index (Phi) is 7.44. The molecule has 0 radical (unpaired) electrons. The summed E-state index contributed by atoms with van der Waals surface area (Å²) in [4.78, 5) is 14.2. The Labute approximate surface area is 196 Å². The number of fused-ring (bicyclic) bond motifs is 1. The van der Waals surface area contributed by atoms with E-state index in [0.717, 1.165) is 46.1 Å². The van der Waals surface area contributed by atoms with Gasteiger partial charge in [0.05, 0.1) is 31.2 Å². The lowest BCUT2D eigenvalue weighted by Gasteiger charge is -2.15. The Hall–Kier alpha value is -2.42. The SMILES string of the molecule is CCOC(=O)Cc1ccccc1OCc1nn(C2CCN(CCO)C2)c2ccc(Br)cc12. The second-order valence-corrected chi connectivity index (χ2v) is 8.81. The van der Waals surface area contributed by atoms with Crippen LogP contribution in [-0.4, -0.2) is 58.6 Å². The number of aromatic nitrogens is 2. The van der Waals surface area contributed by atoms with Crippen molar-refractivity contribution < 1.29 is 19.4 Å². The number of hydrogen-bond acceptors (Lipinski definition) is 6. The smallest absolute Gasteiger partial charge is 0.310 e. The summed E-state index contributed by atoms with van der Waals surface area (Å²) in [6.07, 6.45) is 1.17. The molecule has 32 heavy (non-hydrogen) atoms. The van der Waals surface area contributed by atoms with Gasteiger partial charge in [-0.3, -0.25) is 14.4 Å². The maximum Gasteiger partial charge on any atom is 0.310 e. The van der Waals surface area contributed by atoms with E-state index in [9.17, 15) is 9.90 Å². The number of carbonyl (C=O) groups is 1. The van der Waals surface area contributed by atoms with Gasteiger partial charge in [-0.2, -0.15) is 5.10 Å². The molecule has 170 valence electrons. The van der Waals surface area contributed by atoms with Crippen LogP contribution in [0.5, 0.6) is 5.75 Å². The molecule has 1 saturated heterocycles. The highest BCUT2D eigenvalue weighted by atomic mass is 79.9. The highest BCUT2D eigenvalue weighted by Crippen LogP contribution is 2.30. The van der Waals surface area contributed by atoms with Crippen molar-refractivity contribution in [3.8, 4) is 5.75 Å². The second-order valence-electron chi connectivity index (χ2n) is 7.90. The van der Waals surface area contributed by atoms with Gasteiger partial charge >= 0.3 is 5.97 Å². The summed E-state index contributed by atoms with van der Waals surface area (Å²) >= 11 is 3.57. The summed E-state index contributed by atoms with van der Waals surface area (Å²) in [6.45, 7) is 5.14. The van der Waals surface area contributed by atoms with Gasteiger partial charge < -0.3 is 14.6 Å². The van der Waals surface area contributed by atoms with E-state index in [0.29, 0.717) is 25.5 Å². The van der Waals surface area contributed by atoms with Crippen LogP contribution in [0.3, 0.4) is 0 Å². The number of β-amino-alcohol motifs (C(OH)–C–C–N with tert-alkyl or cyclic N) is 1. The Morgan fingerprint density at radius 3 is 2.94 bits per heavy atom. The van der Waals surface area contributed by atoms with Gasteiger partial charge in [-0.1, -0.05) is 34.1 Å². The van der Waals surface area contributed by atoms with Gasteiger partial charge in [-0.05, 0) is 37.6 Å². The second kappa shape index (κ2) is 10.5. The maximum atomic E-state index is 12.0. The molecule has 2 heterocycles. The topological polar surface area (TPSA) is 76.8 Å². The molecular formula is C24H28BrN3O4. The van der Waals surface area contributed by atoms with Crippen molar-refractivity contribution in [2.45, 2.75) is 32.4 Å². The van der Waals surface area contributed by atoms with Crippen LogP contribution in [0.4, 0.5) is 0 Å². The van der Waals surface area contributed by atoms with Crippen molar-refractivity contribution in [1.29, 1.82) is 0 Å². The molecule has 0 spiro atoms. The van der Waals surface area contributed by atoms with Crippen LogP contribution in [0.1, 0.15) is 30.6 Å². The number of ether oxygens (including phenoxy) is 2. The molecule has 4 rings (SSSR count). The number of benzene rings is 2. The molecule has 1 atom stereocenters. The van der Waals surface area contributed by atoms with Crippen LogP contribution in [0.2, 0.25) is 0 Å². The first-order chi connectivity index (χ1) is 15.6. The molecule has 7 nitrogen and oxygen atoms in total. The lowest BCUT2D eigenvalue weighted by atomic mass is 10.1. The fraction of sp³-hybridized carbons (Fsp3) is 0.417. The van der Waals surface area contributed by atoms with Crippen LogP contribution in [0, 0.1) is 0 Å². The van der Waals surface area contributed by atoms with Crippen molar-refractivity contribution in [2.75, 3.05) is 32.8 Å².